The summed E-state index contributed by atoms with van der Waals surface area (Å²) >= 11 is 0. The molecule has 2 saturated carbocycles. The lowest BCUT2D eigenvalue weighted by Gasteiger charge is -2.47. The van der Waals surface area contributed by atoms with Crippen LogP contribution in [0, 0.1) is 17.8 Å². The first-order valence-corrected chi connectivity index (χ1v) is 8.65. The van der Waals surface area contributed by atoms with Crippen LogP contribution in [-0.2, 0) is 9.59 Å². The van der Waals surface area contributed by atoms with E-state index in [9.17, 15) is 9.59 Å². The van der Waals surface area contributed by atoms with Crippen LogP contribution in [0.4, 0.5) is 0 Å². The number of carbonyl (C=O) groups is 2. The number of amides is 2. The van der Waals surface area contributed by atoms with Gasteiger partial charge in [-0.1, -0.05) is 20.8 Å². The van der Waals surface area contributed by atoms with Crippen molar-refractivity contribution in [1.82, 2.24) is 10.2 Å². The maximum absolute atomic E-state index is 13.0. The Morgan fingerprint density at radius 3 is 2.43 bits per heavy atom. The topological polar surface area (TPSA) is 49.4 Å². The van der Waals surface area contributed by atoms with Crippen molar-refractivity contribution < 1.29 is 9.59 Å². The van der Waals surface area contributed by atoms with Gasteiger partial charge in [-0.3, -0.25) is 9.59 Å². The zero-order valence-electron chi connectivity index (χ0n) is 13.5. The maximum atomic E-state index is 13.0. The molecule has 3 fully saturated rings. The van der Waals surface area contributed by atoms with Gasteiger partial charge >= 0.3 is 0 Å². The Kier molecular flexibility index (Phi) is 3.98. The summed E-state index contributed by atoms with van der Waals surface area (Å²) in [5.41, 5.74) is 0. The van der Waals surface area contributed by atoms with Crippen LogP contribution in [0.3, 0.4) is 0 Å². The van der Waals surface area contributed by atoms with E-state index in [1.165, 1.54) is 12.8 Å². The Morgan fingerprint density at radius 2 is 1.86 bits per heavy atom. The third-order valence-electron chi connectivity index (χ3n) is 5.68. The Balaban J connectivity index is 1.84. The van der Waals surface area contributed by atoms with E-state index in [-0.39, 0.29) is 29.9 Å². The zero-order chi connectivity index (χ0) is 15.1. The summed E-state index contributed by atoms with van der Waals surface area (Å²) in [5, 5.41) is 2.99. The molecule has 3 aliphatic rings. The Morgan fingerprint density at radius 1 is 1.14 bits per heavy atom. The van der Waals surface area contributed by atoms with Crippen molar-refractivity contribution in [2.45, 2.75) is 77.4 Å². The molecule has 1 heterocycles. The fourth-order valence-electron chi connectivity index (χ4n) is 4.34. The van der Waals surface area contributed by atoms with Crippen LogP contribution in [0.5, 0.6) is 0 Å². The monoisotopic (exact) mass is 292 g/mol. The van der Waals surface area contributed by atoms with Gasteiger partial charge in [-0.25, -0.2) is 0 Å². The predicted molar refractivity (Wildman–Crippen MR) is 81.5 cm³/mol. The van der Waals surface area contributed by atoms with Gasteiger partial charge in [0.25, 0.3) is 0 Å². The number of nitrogens with one attached hydrogen (secondary N) is 1. The van der Waals surface area contributed by atoms with Crippen LogP contribution in [0.1, 0.15) is 59.3 Å². The lowest BCUT2D eigenvalue weighted by atomic mass is 9.78. The van der Waals surface area contributed by atoms with E-state index >= 15 is 0 Å². The van der Waals surface area contributed by atoms with E-state index in [4.69, 9.17) is 0 Å². The van der Waals surface area contributed by atoms with E-state index in [0.717, 1.165) is 25.2 Å². The molecule has 1 aliphatic heterocycles. The number of carbonyl (C=O) groups excluding carboxylic acids is 2. The van der Waals surface area contributed by atoms with Crippen molar-refractivity contribution in [3.63, 3.8) is 0 Å². The normalized spacial score (nSPS) is 41.1. The highest BCUT2D eigenvalue weighted by Gasteiger charge is 2.49. The highest BCUT2D eigenvalue weighted by Crippen LogP contribution is 2.39. The summed E-state index contributed by atoms with van der Waals surface area (Å²) in [7, 11) is 0. The van der Waals surface area contributed by atoms with Crippen LogP contribution >= 0.6 is 0 Å². The quantitative estimate of drug-likeness (QED) is 0.868. The first-order valence-electron chi connectivity index (χ1n) is 8.65. The van der Waals surface area contributed by atoms with Gasteiger partial charge in [-0.05, 0) is 56.3 Å². The van der Waals surface area contributed by atoms with Gasteiger partial charge in [0.1, 0.15) is 12.1 Å². The van der Waals surface area contributed by atoms with Gasteiger partial charge in [0, 0.05) is 6.04 Å². The first kappa shape index (κ1) is 14.9. The molecule has 5 atom stereocenters. The van der Waals surface area contributed by atoms with Crippen molar-refractivity contribution in [3.8, 4) is 0 Å². The highest BCUT2D eigenvalue weighted by atomic mass is 16.2. The van der Waals surface area contributed by atoms with E-state index in [0.29, 0.717) is 18.3 Å². The summed E-state index contributed by atoms with van der Waals surface area (Å²) in [4.78, 5) is 27.4. The van der Waals surface area contributed by atoms with Crippen LogP contribution < -0.4 is 5.32 Å². The second kappa shape index (κ2) is 5.62. The minimum atomic E-state index is -0.256. The number of piperazine rings is 1. The fourth-order valence-corrected chi connectivity index (χ4v) is 4.34. The smallest absolute Gasteiger partial charge is 0.246 e. The van der Waals surface area contributed by atoms with Crippen molar-refractivity contribution in [1.29, 1.82) is 0 Å². The van der Waals surface area contributed by atoms with Crippen LogP contribution in [-0.4, -0.2) is 34.8 Å². The molecule has 0 aromatic heterocycles. The third kappa shape index (κ3) is 2.69. The summed E-state index contributed by atoms with van der Waals surface area (Å²) in [6.07, 6.45) is 6.27. The first-order chi connectivity index (χ1) is 10.0. The summed E-state index contributed by atoms with van der Waals surface area (Å²) in [5.74, 6) is 1.89. The average Bonchev–Trinajstić information content (AvgIpc) is 3.26. The minimum Gasteiger partial charge on any atom is -0.342 e. The molecule has 5 unspecified atom stereocenters. The molecule has 0 spiro atoms. The van der Waals surface area contributed by atoms with Crippen molar-refractivity contribution in [3.05, 3.63) is 0 Å². The lowest BCUT2D eigenvalue weighted by Crippen LogP contribution is -2.67. The Bertz CT molecular complexity index is 433. The Labute approximate surface area is 127 Å². The standard InChI is InChI=1S/C17H28N2O2/c1-4-13-16(20)18-15(12-6-7-12)17(21)19(13)14-8-5-10(2)9-11(14)3/h10-15H,4-9H2,1-3H3,(H,18,20). The molecule has 0 aromatic rings. The van der Waals surface area contributed by atoms with Gasteiger partial charge in [-0.2, -0.15) is 0 Å². The van der Waals surface area contributed by atoms with Crippen LogP contribution in [0.25, 0.3) is 0 Å². The molecule has 1 N–H and O–H groups in total. The summed E-state index contributed by atoms with van der Waals surface area (Å²) in [6.45, 7) is 6.55. The van der Waals surface area contributed by atoms with Gasteiger partial charge < -0.3 is 10.2 Å². The highest BCUT2D eigenvalue weighted by molar-refractivity contribution is 5.97. The van der Waals surface area contributed by atoms with E-state index < -0.39 is 0 Å². The molecule has 2 aliphatic carbocycles. The number of rotatable bonds is 3. The van der Waals surface area contributed by atoms with Crippen LogP contribution in [0.2, 0.25) is 0 Å². The van der Waals surface area contributed by atoms with Gasteiger partial charge in [0.2, 0.25) is 11.8 Å². The predicted octanol–water partition coefficient (Wildman–Crippen LogP) is 2.33. The van der Waals surface area contributed by atoms with E-state index in [2.05, 4.69) is 19.2 Å². The second-order valence-electron chi connectivity index (χ2n) is 7.46. The van der Waals surface area contributed by atoms with E-state index in [1.54, 1.807) is 0 Å². The molecule has 1 saturated heterocycles. The molecule has 0 radical (unpaired) electrons. The average molecular weight is 292 g/mol. The molecule has 0 bridgehead atoms. The van der Waals surface area contributed by atoms with Crippen molar-refractivity contribution >= 4 is 11.8 Å². The van der Waals surface area contributed by atoms with Gasteiger partial charge in [0.05, 0.1) is 0 Å². The molecule has 4 heteroatoms. The van der Waals surface area contributed by atoms with Crippen molar-refractivity contribution in [2.75, 3.05) is 0 Å². The molecular weight excluding hydrogens is 264 g/mol. The number of nitrogens with zero attached hydrogens (tertiary/aromatic N) is 1. The fraction of sp³-hybridized carbons (Fsp3) is 0.882. The lowest BCUT2D eigenvalue weighted by molar-refractivity contribution is -0.155. The molecule has 3 rings (SSSR count). The maximum Gasteiger partial charge on any atom is 0.246 e. The number of hydrogen-bond donors (Lipinski definition) is 1. The Hall–Kier alpha value is -1.06. The van der Waals surface area contributed by atoms with Crippen LogP contribution in [0.15, 0.2) is 0 Å². The zero-order valence-corrected chi connectivity index (χ0v) is 13.5. The SMILES string of the molecule is CCC1C(=O)NC(C2CC2)C(=O)N1C1CCC(C)CC1C. The largest absolute Gasteiger partial charge is 0.342 e. The minimum absolute atomic E-state index is 0.0693. The van der Waals surface area contributed by atoms with E-state index in [1.807, 2.05) is 11.8 Å². The summed E-state index contributed by atoms with van der Waals surface area (Å²) in [6, 6.07) is -0.244. The number of hydrogen-bond acceptors (Lipinski definition) is 2. The molecular formula is C17H28N2O2. The molecule has 4 nitrogen and oxygen atoms in total. The third-order valence-corrected chi connectivity index (χ3v) is 5.68. The van der Waals surface area contributed by atoms with Gasteiger partial charge in [0.15, 0.2) is 0 Å². The molecule has 0 aromatic carbocycles. The second-order valence-corrected chi connectivity index (χ2v) is 7.46. The van der Waals surface area contributed by atoms with Crippen molar-refractivity contribution in [2.24, 2.45) is 17.8 Å². The summed E-state index contributed by atoms with van der Waals surface area (Å²) < 4.78 is 0. The molecule has 2 amide bonds. The molecule has 118 valence electrons. The van der Waals surface area contributed by atoms with Gasteiger partial charge in [-0.15, -0.1) is 0 Å². The molecule has 21 heavy (non-hydrogen) atoms.